The van der Waals surface area contributed by atoms with Crippen molar-refractivity contribution in [2.24, 2.45) is 4.99 Å². The van der Waals surface area contributed by atoms with Crippen molar-refractivity contribution in [3.05, 3.63) is 54.0 Å². The van der Waals surface area contributed by atoms with Gasteiger partial charge in [-0.1, -0.05) is 0 Å². The molecule has 0 amide bonds. The quantitative estimate of drug-likeness (QED) is 0.266. The molecule has 2 aromatic rings. The van der Waals surface area contributed by atoms with Crippen molar-refractivity contribution < 1.29 is 13.9 Å². The second kappa shape index (κ2) is 12.4. The molecule has 0 radical (unpaired) electrons. The average molecular weight is 474 g/mol. The van der Waals surface area contributed by atoms with E-state index in [1.54, 1.807) is 25.4 Å². The number of ether oxygens (including phenoxy) is 2. The Kier molecular flexibility index (Phi) is 10.6. The second-order valence-corrected chi connectivity index (χ2v) is 5.11. The van der Waals surface area contributed by atoms with Crippen molar-refractivity contribution in [2.45, 2.75) is 13.5 Å². The lowest BCUT2D eigenvalue weighted by atomic mass is 10.2. The number of nitrogens with zero attached hydrogens (tertiary/aromatic N) is 2. The van der Waals surface area contributed by atoms with Crippen molar-refractivity contribution >= 4 is 29.9 Å². The highest BCUT2D eigenvalue weighted by molar-refractivity contribution is 14.0. The number of hydrogen-bond donors (Lipinski definition) is 2. The summed E-state index contributed by atoms with van der Waals surface area (Å²) in [4.78, 5) is 8.32. The Labute approximate surface area is 170 Å². The maximum atomic E-state index is 12.9. The van der Waals surface area contributed by atoms with Crippen LogP contribution >= 0.6 is 24.0 Å². The summed E-state index contributed by atoms with van der Waals surface area (Å²) >= 11 is 0. The van der Waals surface area contributed by atoms with E-state index in [4.69, 9.17) is 9.47 Å². The lowest BCUT2D eigenvalue weighted by Gasteiger charge is -2.12. The minimum Gasteiger partial charge on any atom is -0.439 e. The zero-order valence-electron chi connectivity index (χ0n) is 14.9. The molecule has 0 unspecified atom stereocenters. The maximum Gasteiger partial charge on any atom is 0.219 e. The summed E-state index contributed by atoms with van der Waals surface area (Å²) in [6.07, 6.45) is 1.67. The van der Waals surface area contributed by atoms with Gasteiger partial charge in [-0.05, 0) is 42.8 Å². The van der Waals surface area contributed by atoms with E-state index in [-0.39, 0.29) is 29.8 Å². The zero-order chi connectivity index (χ0) is 17.9. The number of hydrogen-bond acceptors (Lipinski definition) is 4. The Bertz CT molecular complexity index is 683. The fourth-order valence-corrected chi connectivity index (χ4v) is 2.03. The summed E-state index contributed by atoms with van der Waals surface area (Å²) in [6.45, 7) is 4.53. The molecule has 0 aliphatic heterocycles. The molecule has 1 aromatic heterocycles. The minimum absolute atomic E-state index is 0. The predicted molar refractivity (Wildman–Crippen MR) is 111 cm³/mol. The van der Waals surface area contributed by atoms with Crippen LogP contribution in [-0.2, 0) is 11.3 Å². The van der Waals surface area contributed by atoms with Crippen LogP contribution in [-0.4, -0.2) is 37.7 Å². The Morgan fingerprint density at radius 2 is 1.96 bits per heavy atom. The zero-order valence-corrected chi connectivity index (χ0v) is 17.2. The van der Waals surface area contributed by atoms with E-state index in [9.17, 15) is 4.39 Å². The normalized spacial score (nSPS) is 10.8. The van der Waals surface area contributed by atoms with Crippen molar-refractivity contribution in [2.75, 3.05) is 26.8 Å². The van der Waals surface area contributed by atoms with E-state index in [2.05, 4.69) is 20.6 Å². The molecular formula is C18H24FIN4O2. The Balaban J connectivity index is 0.00000338. The third-order valence-electron chi connectivity index (χ3n) is 3.26. The molecule has 2 rings (SSSR count). The third-order valence-corrected chi connectivity index (χ3v) is 3.26. The molecule has 6 nitrogen and oxygen atoms in total. The fourth-order valence-electron chi connectivity index (χ4n) is 2.03. The van der Waals surface area contributed by atoms with Gasteiger partial charge in [-0.15, -0.1) is 24.0 Å². The predicted octanol–water partition coefficient (Wildman–Crippen LogP) is 3.33. The van der Waals surface area contributed by atoms with Gasteiger partial charge in [0.05, 0.1) is 6.61 Å². The standard InChI is InChI=1S/C18H23FN4O2.HI/c1-3-24-11-10-22-18(20-2)23-13-14-8-9-21-17(12-14)25-16-6-4-15(19)5-7-16;/h4-9,12H,3,10-11,13H2,1-2H3,(H2,20,22,23);1H. The van der Waals surface area contributed by atoms with Crippen molar-refractivity contribution in [3.63, 3.8) is 0 Å². The maximum absolute atomic E-state index is 12.9. The number of guanidine groups is 1. The summed E-state index contributed by atoms with van der Waals surface area (Å²) in [5, 5.41) is 6.38. The summed E-state index contributed by atoms with van der Waals surface area (Å²) in [5.41, 5.74) is 0.986. The van der Waals surface area contributed by atoms with Crippen LogP contribution in [0.1, 0.15) is 12.5 Å². The number of nitrogens with one attached hydrogen (secondary N) is 2. The largest absolute Gasteiger partial charge is 0.439 e. The summed E-state index contributed by atoms with van der Waals surface area (Å²) in [7, 11) is 1.71. The van der Waals surface area contributed by atoms with Gasteiger partial charge in [-0.2, -0.15) is 0 Å². The molecule has 0 atom stereocenters. The van der Waals surface area contributed by atoms with Crippen molar-refractivity contribution in [1.82, 2.24) is 15.6 Å². The van der Waals surface area contributed by atoms with Crippen molar-refractivity contribution in [3.8, 4) is 11.6 Å². The number of aromatic nitrogens is 1. The highest BCUT2D eigenvalue weighted by Crippen LogP contribution is 2.20. The third kappa shape index (κ3) is 7.96. The SMILES string of the molecule is CCOCCNC(=NC)NCc1ccnc(Oc2ccc(F)cc2)c1.I. The average Bonchev–Trinajstić information content (AvgIpc) is 2.63. The molecule has 0 saturated heterocycles. The molecule has 26 heavy (non-hydrogen) atoms. The van der Waals surface area contributed by atoms with Gasteiger partial charge in [-0.25, -0.2) is 9.37 Å². The molecule has 0 aliphatic rings. The topological polar surface area (TPSA) is 67.8 Å². The van der Waals surface area contributed by atoms with Crippen LogP contribution in [0.5, 0.6) is 11.6 Å². The summed E-state index contributed by atoms with van der Waals surface area (Å²) < 4.78 is 23.8. The van der Waals surface area contributed by atoms with E-state index in [1.165, 1.54) is 12.1 Å². The van der Waals surface area contributed by atoms with Crippen LogP contribution < -0.4 is 15.4 Å². The van der Waals surface area contributed by atoms with E-state index in [0.717, 1.165) is 5.56 Å². The van der Waals surface area contributed by atoms with Gasteiger partial charge >= 0.3 is 0 Å². The van der Waals surface area contributed by atoms with Crippen LogP contribution in [0, 0.1) is 5.82 Å². The monoisotopic (exact) mass is 474 g/mol. The first-order valence-electron chi connectivity index (χ1n) is 8.12. The minimum atomic E-state index is -0.304. The Morgan fingerprint density at radius 1 is 1.19 bits per heavy atom. The smallest absolute Gasteiger partial charge is 0.219 e. The number of halogens is 2. The molecule has 0 aliphatic carbocycles. The molecule has 0 bridgehead atoms. The van der Waals surface area contributed by atoms with Gasteiger partial charge in [0, 0.05) is 39.0 Å². The number of aliphatic imine (C=N–C) groups is 1. The van der Waals surface area contributed by atoms with Gasteiger partial charge in [-0.3, -0.25) is 4.99 Å². The Hall–Kier alpha value is -1.94. The van der Waals surface area contributed by atoms with E-state index < -0.39 is 0 Å². The van der Waals surface area contributed by atoms with Gasteiger partial charge < -0.3 is 20.1 Å². The van der Waals surface area contributed by atoms with Crippen LogP contribution in [0.4, 0.5) is 4.39 Å². The molecule has 0 spiro atoms. The highest BCUT2D eigenvalue weighted by Gasteiger charge is 2.03. The number of pyridine rings is 1. The highest BCUT2D eigenvalue weighted by atomic mass is 127. The van der Waals surface area contributed by atoms with Crippen molar-refractivity contribution in [1.29, 1.82) is 0 Å². The lowest BCUT2D eigenvalue weighted by Crippen LogP contribution is -2.38. The molecule has 0 fully saturated rings. The van der Waals surface area contributed by atoms with Crippen LogP contribution in [0.25, 0.3) is 0 Å². The van der Waals surface area contributed by atoms with Gasteiger partial charge in [0.1, 0.15) is 11.6 Å². The first-order valence-corrected chi connectivity index (χ1v) is 8.12. The molecule has 1 aromatic carbocycles. The summed E-state index contributed by atoms with van der Waals surface area (Å²) in [5.74, 6) is 1.37. The molecule has 142 valence electrons. The molecule has 1 heterocycles. The second-order valence-electron chi connectivity index (χ2n) is 5.11. The van der Waals surface area contributed by atoms with Gasteiger partial charge in [0.2, 0.25) is 5.88 Å². The van der Waals surface area contributed by atoms with Gasteiger partial charge in [0.25, 0.3) is 0 Å². The Morgan fingerprint density at radius 3 is 2.65 bits per heavy atom. The molecular weight excluding hydrogens is 450 g/mol. The molecule has 0 saturated carbocycles. The van der Waals surface area contributed by atoms with E-state index in [0.29, 0.717) is 43.9 Å². The van der Waals surface area contributed by atoms with Crippen LogP contribution in [0.3, 0.4) is 0 Å². The summed E-state index contributed by atoms with van der Waals surface area (Å²) in [6, 6.07) is 9.53. The van der Waals surface area contributed by atoms with Crippen LogP contribution in [0.2, 0.25) is 0 Å². The number of rotatable bonds is 8. The lowest BCUT2D eigenvalue weighted by molar-refractivity contribution is 0.152. The van der Waals surface area contributed by atoms with Crippen LogP contribution in [0.15, 0.2) is 47.6 Å². The first kappa shape index (κ1) is 22.1. The molecule has 2 N–H and O–H groups in total. The fraction of sp³-hybridized carbons (Fsp3) is 0.333. The molecule has 8 heteroatoms. The van der Waals surface area contributed by atoms with E-state index in [1.807, 2.05) is 19.1 Å². The van der Waals surface area contributed by atoms with Gasteiger partial charge in [0.15, 0.2) is 5.96 Å². The van der Waals surface area contributed by atoms with E-state index >= 15 is 0 Å². The number of benzene rings is 1. The first-order chi connectivity index (χ1) is 12.2.